The molecule has 1 saturated carbocycles. The molecule has 0 aromatic heterocycles. The number of nitrogens with two attached hydrogens (primary N) is 1. The fourth-order valence-corrected chi connectivity index (χ4v) is 5.46. The van der Waals surface area contributed by atoms with Gasteiger partial charge < -0.3 is 20.7 Å². The maximum absolute atomic E-state index is 13.7. The predicted molar refractivity (Wildman–Crippen MR) is 141 cm³/mol. The molecule has 0 radical (unpaired) electrons. The van der Waals surface area contributed by atoms with E-state index in [4.69, 9.17) is 10.5 Å². The number of imide groups is 1. The quantitative estimate of drug-likeness (QED) is 0.430. The number of carbonyl (C=O) groups is 4. The molecule has 9 nitrogen and oxygen atoms in total. The van der Waals surface area contributed by atoms with Gasteiger partial charge in [0.2, 0.25) is 17.4 Å². The van der Waals surface area contributed by atoms with E-state index in [0.717, 1.165) is 31.9 Å². The van der Waals surface area contributed by atoms with Crippen LogP contribution in [0.25, 0.3) is 0 Å². The van der Waals surface area contributed by atoms with Gasteiger partial charge >= 0.3 is 12.3 Å². The standard InChI is InChI=1S/C29H30F4N4O5/c1-16(29(31,32)33)36(13-11-17-2-6-20(30)7-3-17)23(38)15-37-26(40)28(42-27(37)41)12-10-19-14-21(8-9-22(19)28)35-25(39)24(34)18-4-5-18/h2-3,6-9,14,16,18,24H,4-5,10-13,15,34H2,1H3,(H,35,39)/t16-,24+,28?/m0/s1. The first-order chi connectivity index (χ1) is 19.8. The lowest BCUT2D eigenvalue weighted by Gasteiger charge is -2.31. The number of nitrogens with zero attached hydrogens (tertiary/aromatic N) is 2. The van der Waals surface area contributed by atoms with Gasteiger partial charge in [0.15, 0.2) is 0 Å². The Bertz CT molecular complexity index is 1410. The molecular formula is C29H30F4N4O5. The van der Waals surface area contributed by atoms with Gasteiger partial charge in [-0.2, -0.15) is 13.2 Å². The van der Waals surface area contributed by atoms with Gasteiger partial charge in [-0.3, -0.25) is 14.4 Å². The van der Waals surface area contributed by atoms with Crippen molar-refractivity contribution in [3.05, 3.63) is 65.0 Å². The van der Waals surface area contributed by atoms with E-state index in [1.165, 1.54) is 12.1 Å². The maximum Gasteiger partial charge on any atom is 0.418 e. The zero-order valence-electron chi connectivity index (χ0n) is 22.7. The average Bonchev–Trinajstić information content (AvgIpc) is 3.69. The SMILES string of the molecule is C[C@H](N(CCc1ccc(F)cc1)C(=O)CN1C(=O)OC2(CCc3cc(NC(=O)[C@H](N)C4CC4)ccc32)C1=O)C(F)(F)F. The van der Waals surface area contributed by atoms with Gasteiger partial charge in [-0.05, 0) is 73.9 Å². The van der Waals surface area contributed by atoms with Crippen molar-refractivity contribution in [2.75, 3.05) is 18.4 Å². The molecule has 1 heterocycles. The van der Waals surface area contributed by atoms with E-state index in [9.17, 15) is 36.7 Å². The van der Waals surface area contributed by atoms with E-state index in [1.807, 2.05) is 0 Å². The number of nitrogens with one attached hydrogen (secondary N) is 1. The Balaban J connectivity index is 1.30. The van der Waals surface area contributed by atoms with E-state index in [-0.39, 0.29) is 31.2 Å². The highest BCUT2D eigenvalue weighted by Crippen LogP contribution is 2.46. The van der Waals surface area contributed by atoms with Crippen LogP contribution in [0, 0.1) is 11.7 Å². The van der Waals surface area contributed by atoms with Gasteiger partial charge in [-0.25, -0.2) is 14.1 Å². The lowest BCUT2D eigenvalue weighted by atomic mass is 9.94. The summed E-state index contributed by atoms with van der Waals surface area (Å²) in [5.74, 6) is -2.61. The lowest BCUT2D eigenvalue weighted by molar-refractivity contribution is -0.185. The first kappa shape index (κ1) is 29.5. The van der Waals surface area contributed by atoms with Gasteiger partial charge in [0.05, 0.1) is 6.04 Å². The van der Waals surface area contributed by atoms with Gasteiger partial charge in [-0.1, -0.05) is 18.2 Å². The maximum atomic E-state index is 13.7. The molecule has 2 aliphatic carbocycles. The summed E-state index contributed by atoms with van der Waals surface area (Å²) in [7, 11) is 0. The van der Waals surface area contributed by atoms with Crippen LogP contribution in [0.2, 0.25) is 0 Å². The normalized spacial score (nSPS) is 21.2. The summed E-state index contributed by atoms with van der Waals surface area (Å²) in [6.45, 7) is -0.504. The number of benzene rings is 2. The first-order valence-corrected chi connectivity index (χ1v) is 13.7. The van der Waals surface area contributed by atoms with Crippen LogP contribution in [0.15, 0.2) is 42.5 Å². The average molecular weight is 591 g/mol. The summed E-state index contributed by atoms with van der Waals surface area (Å²) in [4.78, 5) is 53.0. The summed E-state index contributed by atoms with van der Waals surface area (Å²) in [5.41, 5.74) is 6.25. The minimum absolute atomic E-state index is 0.00736. The highest BCUT2D eigenvalue weighted by molar-refractivity contribution is 6.06. The van der Waals surface area contributed by atoms with Crippen LogP contribution in [-0.2, 0) is 37.6 Å². The van der Waals surface area contributed by atoms with Crippen molar-refractivity contribution in [3.8, 4) is 0 Å². The number of halogens is 4. The minimum atomic E-state index is -4.77. The minimum Gasteiger partial charge on any atom is -0.427 e. The fourth-order valence-electron chi connectivity index (χ4n) is 5.46. The topological polar surface area (TPSA) is 122 Å². The highest BCUT2D eigenvalue weighted by atomic mass is 19.4. The van der Waals surface area contributed by atoms with Crippen molar-refractivity contribution in [2.24, 2.45) is 11.7 Å². The monoisotopic (exact) mass is 590 g/mol. The molecule has 0 bridgehead atoms. The number of carbonyl (C=O) groups excluding carboxylic acids is 4. The summed E-state index contributed by atoms with van der Waals surface area (Å²) in [6, 6.07) is 7.06. The van der Waals surface area contributed by atoms with Crippen LogP contribution >= 0.6 is 0 Å². The van der Waals surface area contributed by atoms with Crippen LogP contribution in [-0.4, -0.2) is 65.0 Å². The number of anilines is 1. The van der Waals surface area contributed by atoms with Crippen molar-refractivity contribution in [1.82, 2.24) is 9.80 Å². The number of fused-ring (bicyclic) bond motifs is 2. The zero-order valence-corrected chi connectivity index (χ0v) is 22.7. The van der Waals surface area contributed by atoms with Gasteiger partial charge in [0, 0.05) is 24.2 Å². The highest BCUT2D eigenvalue weighted by Gasteiger charge is 2.58. The number of hydrogen-bond acceptors (Lipinski definition) is 6. The Labute approximate surface area is 239 Å². The molecule has 2 aromatic rings. The number of alkyl halides is 3. The molecule has 5 rings (SSSR count). The third-order valence-electron chi connectivity index (χ3n) is 8.17. The number of hydrogen-bond donors (Lipinski definition) is 2. The largest absolute Gasteiger partial charge is 0.427 e. The van der Waals surface area contributed by atoms with Gasteiger partial charge in [0.1, 0.15) is 18.4 Å². The molecular weight excluding hydrogens is 560 g/mol. The Morgan fingerprint density at radius 1 is 1.17 bits per heavy atom. The molecule has 3 N–H and O–H groups in total. The molecule has 4 amide bonds. The van der Waals surface area contributed by atoms with Crippen molar-refractivity contribution < 1.29 is 41.5 Å². The molecule has 1 aliphatic heterocycles. The number of amides is 4. The molecule has 224 valence electrons. The van der Waals surface area contributed by atoms with Crippen LogP contribution in [0.5, 0.6) is 0 Å². The molecule has 13 heteroatoms. The second-order valence-electron chi connectivity index (χ2n) is 11.0. The third kappa shape index (κ3) is 5.69. The molecule has 3 aliphatic rings. The van der Waals surface area contributed by atoms with E-state index < -0.39 is 54.1 Å². The zero-order chi connectivity index (χ0) is 30.4. The Hall–Kier alpha value is -4.00. The Morgan fingerprint density at radius 2 is 1.86 bits per heavy atom. The van der Waals surface area contributed by atoms with Crippen LogP contribution in [0.1, 0.15) is 42.9 Å². The number of rotatable bonds is 9. The van der Waals surface area contributed by atoms with Crippen LogP contribution in [0.3, 0.4) is 0 Å². The molecule has 3 atom stereocenters. The fraction of sp³-hybridized carbons (Fsp3) is 0.448. The molecule has 1 spiro atoms. The summed E-state index contributed by atoms with van der Waals surface area (Å²) < 4.78 is 59.7. The van der Waals surface area contributed by atoms with E-state index in [1.54, 1.807) is 18.2 Å². The molecule has 1 unspecified atom stereocenters. The van der Waals surface area contributed by atoms with E-state index in [2.05, 4.69) is 5.32 Å². The van der Waals surface area contributed by atoms with Crippen molar-refractivity contribution in [1.29, 1.82) is 0 Å². The summed E-state index contributed by atoms with van der Waals surface area (Å²) >= 11 is 0. The van der Waals surface area contributed by atoms with Gasteiger partial charge in [0.25, 0.3) is 5.91 Å². The molecule has 2 fully saturated rings. The first-order valence-electron chi connectivity index (χ1n) is 13.7. The van der Waals surface area contributed by atoms with Crippen molar-refractivity contribution in [2.45, 2.75) is 62.9 Å². The predicted octanol–water partition coefficient (Wildman–Crippen LogP) is 3.64. The van der Waals surface area contributed by atoms with E-state index >= 15 is 0 Å². The second kappa shape index (κ2) is 11.0. The Morgan fingerprint density at radius 3 is 2.50 bits per heavy atom. The number of ether oxygens (including phenoxy) is 1. The van der Waals surface area contributed by atoms with Crippen LogP contribution < -0.4 is 11.1 Å². The Kier molecular flexibility index (Phi) is 7.73. The second-order valence-corrected chi connectivity index (χ2v) is 11.0. The number of aryl methyl sites for hydroxylation is 1. The lowest BCUT2D eigenvalue weighted by Crippen LogP contribution is -2.52. The summed E-state index contributed by atoms with van der Waals surface area (Å²) in [6.07, 6.45) is -3.72. The van der Waals surface area contributed by atoms with Crippen LogP contribution in [0.4, 0.5) is 28.0 Å². The third-order valence-corrected chi connectivity index (χ3v) is 8.17. The van der Waals surface area contributed by atoms with Gasteiger partial charge in [-0.15, -0.1) is 0 Å². The molecule has 2 aromatic carbocycles. The van der Waals surface area contributed by atoms with Crippen molar-refractivity contribution >= 4 is 29.5 Å². The smallest absolute Gasteiger partial charge is 0.418 e. The van der Waals surface area contributed by atoms with Crippen molar-refractivity contribution in [3.63, 3.8) is 0 Å². The molecule has 1 saturated heterocycles. The van der Waals surface area contributed by atoms with E-state index in [0.29, 0.717) is 38.6 Å². The summed E-state index contributed by atoms with van der Waals surface area (Å²) in [5, 5.41) is 2.76. The molecule has 42 heavy (non-hydrogen) atoms.